The summed E-state index contributed by atoms with van der Waals surface area (Å²) in [6.45, 7) is 4.76. The number of amides is 1. The second-order valence-electron chi connectivity index (χ2n) is 7.15. The Morgan fingerprint density at radius 3 is 2.83 bits per heavy atom. The van der Waals surface area contributed by atoms with Gasteiger partial charge in [-0.1, -0.05) is 12.1 Å². The molecule has 0 radical (unpaired) electrons. The molecule has 7 heteroatoms. The predicted octanol–water partition coefficient (Wildman–Crippen LogP) is 2.96. The van der Waals surface area contributed by atoms with Crippen molar-refractivity contribution in [1.29, 1.82) is 0 Å². The number of nitrogens with zero attached hydrogens (tertiary/aromatic N) is 4. The molecular formula is C22H25N5O2. The Morgan fingerprint density at radius 1 is 1.17 bits per heavy atom. The van der Waals surface area contributed by atoms with Gasteiger partial charge in [-0.3, -0.25) is 9.78 Å². The molecule has 4 rings (SSSR count). The van der Waals surface area contributed by atoms with E-state index in [0.717, 1.165) is 48.4 Å². The lowest BCUT2D eigenvalue weighted by Crippen LogP contribution is -2.40. The number of fused-ring (bicyclic) bond motifs is 1. The lowest BCUT2D eigenvalue weighted by Gasteiger charge is -2.32. The zero-order valence-corrected chi connectivity index (χ0v) is 16.5. The van der Waals surface area contributed by atoms with Gasteiger partial charge in [0.25, 0.3) is 0 Å². The number of hydrogen-bond donors (Lipinski definition) is 1. The molecule has 7 nitrogen and oxygen atoms in total. The molecule has 1 N–H and O–H groups in total. The summed E-state index contributed by atoms with van der Waals surface area (Å²) in [5.74, 6) is 0.990. The minimum Gasteiger partial charge on any atom is -0.494 e. The van der Waals surface area contributed by atoms with Gasteiger partial charge < -0.3 is 15.0 Å². The lowest BCUT2D eigenvalue weighted by molar-refractivity contribution is -0.125. The maximum absolute atomic E-state index is 12.6. The summed E-state index contributed by atoms with van der Waals surface area (Å²) in [4.78, 5) is 27.8. The second kappa shape index (κ2) is 8.86. The Hall–Kier alpha value is -3.22. The summed E-state index contributed by atoms with van der Waals surface area (Å²) in [5, 5.41) is 3.07. The molecule has 1 aliphatic heterocycles. The molecule has 3 heterocycles. The van der Waals surface area contributed by atoms with Crippen molar-refractivity contribution in [3.8, 4) is 5.75 Å². The Morgan fingerprint density at radius 2 is 2.00 bits per heavy atom. The van der Waals surface area contributed by atoms with E-state index < -0.39 is 0 Å². The van der Waals surface area contributed by atoms with Crippen molar-refractivity contribution >= 4 is 22.8 Å². The van der Waals surface area contributed by atoms with Gasteiger partial charge in [-0.15, -0.1) is 0 Å². The zero-order valence-electron chi connectivity index (χ0n) is 16.5. The number of hydrogen-bond acceptors (Lipinski definition) is 6. The van der Waals surface area contributed by atoms with Crippen molar-refractivity contribution in [3.63, 3.8) is 0 Å². The standard InChI is InChI=1S/C22H25N5O2/c1-2-29-19-5-3-4-16(12-19)14-26-22(28)17-6-10-27(11-7-17)18-13-20-21(25-15-18)24-9-8-23-20/h3-5,8-9,12-13,15,17H,2,6-7,10-11,14H2,1H3,(H,26,28). The first-order valence-corrected chi connectivity index (χ1v) is 10.0. The van der Waals surface area contributed by atoms with E-state index in [2.05, 4.69) is 25.2 Å². The molecule has 3 aromatic rings. The van der Waals surface area contributed by atoms with E-state index in [9.17, 15) is 4.79 Å². The molecule has 0 bridgehead atoms. The predicted molar refractivity (Wildman–Crippen MR) is 112 cm³/mol. The highest BCUT2D eigenvalue weighted by Gasteiger charge is 2.25. The fourth-order valence-electron chi connectivity index (χ4n) is 3.67. The Balaban J connectivity index is 1.30. The Kier molecular flexibility index (Phi) is 5.84. The maximum atomic E-state index is 12.6. The number of piperidine rings is 1. The van der Waals surface area contributed by atoms with Crippen LogP contribution in [-0.2, 0) is 11.3 Å². The van der Waals surface area contributed by atoms with E-state index in [1.807, 2.05) is 43.5 Å². The molecule has 1 aromatic carbocycles. The molecule has 2 aromatic heterocycles. The normalized spacial score (nSPS) is 14.7. The first-order valence-electron chi connectivity index (χ1n) is 10.0. The first kappa shape index (κ1) is 19.1. The number of carbonyl (C=O) groups excluding carboxylic acids is 1. The van der Waals surface area contributed by atoms with Crippen LogP contribution in [0.1, 0.15) is 25.3 Å². The van der Waals surface area contributed by atoms with Gasteiger partial charge in [0.05, 0.1) is 18.5 Å². The first-order chi connectivity index (χ1) is 14.2. The van der Waals surface area contributed by atoms with Gasteiger partial charge in [-0.25, -0.2) is 9.97 Å². The number of carbonyl (C=O) groups is 1. The monoisotopic (exact) mass is 391 g/mol. The molecule has 1 aliphatic rings. The number of ether oxygens (including phenoxy) is 1. The maximum Gasteiger partial charge on any atom is 0.223 e. The van der Waals surface area contributed by atoms with Crippen LogP contribution in [0.15, 0.2) is 48.9 Å². The van der Waals surface area contributed by atoms with E-state index in [1.54, 1.807) is 12.4 Å². The summed E-state index contributed by atoms with van der Waals surface area (Å²) in [5.41, 5.74) is 3.52. The molecule has 1 fully saturated rings. The molecular weight excluding hydrogens is 366 g/mol. The van der Waals surface area contributed by atoms with E-state index in [1.165, 1.54) is 0 Å². The summed E-state index contributed by atoms with van der Waals surface area (Å²) in [6, 6.07) is 9.87. The lowest BCUT2D eigenvalue weighted by atomic mass is 9.95. The van der Waals surface area contributed by atoms with Gasteiger partial charge in [-0.2, -0.15) is 0 Å². The molecule has 0 aliphatic carbocycles. The third-order valence-electron chi connectivity index (χ3n) is 5.22. The van der Waals surface area contributed by atoms with Crippen LogP contribution in [0.5, 0.6) is 5.75 Å². The molecule has 1 saturated heterocycles. The van der Waals surface area contributed by atoms with Crippen molar-refractivity contribution in [2.24, 2.45) is 5.92 Å². The molecule has 29 heavy (non-hydrogen) atoms. The van der Waals surface area contributed by atoms with Crippen LogP contribution in [-0.4, -0.2) is 40.6 Å². The average Bonchev–Trinajstić information content (AvgIpc) is 2.78. The topological polar surface area (TPSA) is 80.2 Å². The summed E-state index contributed by atoms with van der Waals surface area (Å²) in [7, 11) is 0. The smallest absolute Gasteiger partial charge is 0.223 e. The van der Waals surface area contributed by atoms with Crippen LogP contribution >= 0.6 is 0 Å². The quantitative estimate of drug-likeness (QED) is 0.696. The number of benzene rings is 1. The third-order valence-corrected chi connectivity index (χ3v) is 5.22. The summed E-state index contributed by atoms with van der Waals surface area (Å²) in [6.07, 6.45) is 6.80. The van der Waals surface area contributed by atoms with Crippen LogP contribution in [0.4, 0.5) is 5.69 Å². The Bertz CT molecular complexity index is 986. The van der Waals surface area contributed by atoms with Gasteiger partial charge in [0.2, 0.25) is 5.91 Å². The molecule has 0 unspecified atom stereocenters. The van der Waals surface area contributed by atoms with E-state index in [-0.39, 0.29) is 11.8 Å². The molecule has 0 spiro atoms. The van der Waals surface area contributed by atoms with Gasteiger partial charge >= 0.3 is 0 Å². The van der Waals surface area contributed by atoms with Gasteiger partial charge in [0.15, 0.2) is 5.65 Å². The largest absolute Gasteiger partial charge is 0.494 e. The van der Waals surface area contributed by atoms with Crippen molar-refractivity contribution < 1.29 is 9.53 Å². The average molecular weight is 391 g/mol. The van der Waals surface area contributed by atoms with Crippen LogP contribution in [0.3, 0.4) is 0 Å². The second-order valence-corrected chi connectivity index (χ2v) is 7.15. The van der Waals surface area contributed by atoms with E-state index in [0.29, 0.717) is 18.8 Å². The van der Waals surface area contributed by atoms with Crippen molar-refractivity contribution in [3.05, 3.63) is 54.5 Å². The van der Waals surface area contributed by atoms with E-state index >= 15 is 0 Å². The number of rotatable bonds is 6. The number of nitrogens with one attached hydrogen (secondary N) is 1. The minimum atomic E-state index is 0.0366. The number of aromatic nitrogens is 3. The van der Waals surface area contributed by atoms with Crippen LogP contribution in [0, 0.1) is 5.92 Å². The molecule has 0 atom stereocenters. The zero-order chi connectivity index (χ0) is 20.1. The van der Waals surface area contributed by atoms with Crippen molar-refractivity contribution in [1.82, 2.24) is 20.3 Å². The minimum absolute atomic E-state index is 0.0366. The van der Waals surface area contributed by atoms with Gasteiger partial charge in [0.1, 0.15) is 11.3 Å². The van der Waals surface area contributed by atoms with Crippen molar-refractivity contribution in [2.45, 2.75) is 26.3 Å². The highest BCUT2D eigenvalue weighted by Crippen LogP contribution is 2.24. The third kappa shape index (κ3) is 4.62. The molecule has 1 amide bonds. The van der Waals surface area contributed by atoms with Gasteiger partial charge in [-0.05, 0) is 43.5 Å². The van der Waals surface area contributed by atoms with E-state index in [4.69, 9.17) is 4.74 Å². The molecule has 150 valence electrons. The fourth-order valence-corrected chi connectivity index (χ4v) is 3.67. The SMILES string of the molecule is CCOc1cccc(CNC(=O)C2CCN(c3cnc4nccnc4c3)CC2)c1. The summed E-state index contributed by atoms with van der Waals surface area (Å²) >= 11 is 0. The fraction of sp³-hybridized carbons (Fsp3) is 0.364. The van der Waals surface area contributed by atoms with Crippen LogP contribution < -0.4 is 15.0 Å². The van der Waals surface area contributed by atoms with Crippen LogP contribution in [0.2, 0.25) is 0 Å². The Labute approximate surface area is 170 Å². The number of pyridine rings is 1. The van der Waals surface area contributed by atoms with Crippen molar-refractivity contribution in [2.75, 3.05) is 24.6 Å². The molecule has 0 saturated carbocycles. The highest BCUT2D eigenvalue weighted by molar-refractivity contribution is 5.79. The summed E-state index contributed by atoms with van der Waals surface area (Å²) < 4.78 is 5.52. The highest BCUT2D eigenvalue weighted by atomic mass is 16.5. The van der Waals surface area contributed by atoms with Crippen LogP contribution in [0.25, 0.3) is 11.2 Å². The van der Waals surface area contributed by atoms with Gasteiger partial charge in [0, 0.05) is 37.9 Å². The number of anilines is 1.